The van der Waals surface area contributed by atoms with Gasteiger partial charge in [0.1, 0.15) is 5.82 Å². The van der Waals surface area contributed by atoms with Crippen LogP contribution in [-0.2, 0) is 17.7 Å². The van der Waals surface area contributed by atoms with E-state index in [1.54, 1.807) is 0 Å². The number of hydrogen-bond donors (Lipinski definition) is 1. The normalized spacial score (nSPS) is 11.2. The lowest BCUT2D eigenvalue weighted by atomic mass is 10.1. The SMILES string of the molecule is CC(C)CCOCCn1ccnc1CCN. The first-order chi connectivity index (χ1) is 7.74. The van der Waals surface area contributed by atoms with Crippen molar-refractivity contribution in [3.05, 3.63) is 18.2 Å². The number of aromatic nitrogens is 2. The number of hydrogen-bond acceptors (Lipinski definition) is 3. The van der Waals surface area contributed by atoms with E-state index >= 15 is 0 Å². The van der Waals surface area contributed by atoms with Crippen LogP contribution in [0, 0.1) is 5.92 Å². The summed E-state index contributed by atoms with van der Waals surface area (Å²) in [7, 11) is 0. The third kappa shape index (κ3) is 4.77. The molecule has 4 heteroatoms. The van der Waals surface area contributed by atoms with Gasteiger partial charge in [0.25, 0.3) is 0 Å². The molecular weight excluding hydrogens is 202 g/mol. The molecule has 0 aliphatic carbocycles. The van der Waals surface area contributed by atoms with Crippen molar-refractivity contribution in [1.82, 2.24) is 9.55 Å². The molecule has 1 aromatic heterocycles. The Hall–Kier alpha value is -0.870. The third-order valence-corrected chi connectivity index (χ3v) is 2.49. The molecule has 0 aliphatic rings. The van der Waals surface area contributed by atoms with Gasteiger partial charge in [0.2, 0.25) is 0 Å². The summed E-state index contributed by atoms with van der Waals surface area (Å²) in [6.07, 6.45) is 5.76. The van der Waals surface area contributed by atoms with E-state index in [9.17, 15) is 0 Å². The second-order valence-electron chi connectivity index (χ2n) is 4.37. The van der Waals surface area contributed by atoms with E-state index in [4.69, 9.17) is 10.5 Å². The monoisotopic (exact) mass is 225 g/mol. The second kappa shape index (κ2) is 7.41. The Morgan fingerprint density at radius 3 is 2.94 bits per heavy atom. The van der Waals surface area contributed by atoms with Gasteiger partial charge in [-0.1, -0.05) is 13.8 Å². The van der Waals surface area contributed by atoms with Crippen LogP contribution in [0.2, 0.25) is 0 Å². The van der Waals surface area contributed by atoms with Gasteiger partial charge in [0.15, 0.2) is 0 Å². The first-order valence-electron chi connectivity index (χ1n) is 6.02. The van der Waals surface area contributed by atoms with Gasteiger partial charge in [-0.25, -0.2) is 4.98 Å². The number of nitrogens with zero attached hydrogens (tertiary/aromatic N) is 2. The zero-order valence-electron chi connectivity index (χ0n) is 10.4. The van der Waals surface area contributed by atoms with Crippen molar-refractivity contribution in [2.75, 3.05) is 19.8 Å². The van der Waals surface area contributed by atoms with Crippen molar-refractivity contribution in [3.63, 3.8) is 0 Å². The van der Waals surface area contributed by atoms with Gasteiger partial charge in [-0.3, -0.25) is 0 Å². The number of ether oxygens (including phenoxy) is 1. The Morgan fingerprint density at radius 1 is 1.44 bits per heavy atom. The molecule has 0 saturated heterocycles. The Kier molecular flexibility index (Phi) is 6.11. The highest BCUT2D eigenvalue weighted by Gasteiger charge is 2.01. The fraction of sp³-hybridized carbons (Fsp3) is 0.750. The van der Waals surface area contributed by atoms with Crippen LogP contribution in [0.4, 0.5) is 0 Å². The molecule has 16 heavy (non-hydrogen) atoms. The number of rotatable bonds is 8. The van der Waals surface area contributed by atoms with Crippen LogP contribution in [0.25, 0.3) is 0 Å². The Labute approximate surface area is 97.8 Å². The molecule has 0 radical (unpaired) electrons. The molecule has 0 amide bonds. The van der Waals surface area contributed by atoms with Crippen LogP contribution in [0.3, 0.4) is 0 Å². The lowest BCUT2D eigenvalue weighted by Gasteiger charge is -2.09. The van der Waals surface area contributed by atoms with Crippen LogP contribution >= 0.6 is 0 Å². The summed E-state index contributed by atoms with van der Waals surface area (Å²) in [5.74, 6) is 1.76. The van der Waals surface area contributed by atoms with Gasteiger partial charge < -0.3 is 15.0 Å². The summed E-state index contributed by atoms with van der Waals surface area (Å²) >= 11 is 0. The Bertz CT molecular complexity index is 284. The van der Waals surface area contributed by atoms with Gasteiger partial charge in [-0.05, 0) is 18.9 Å². The summed E-state index contributed by atoms with van der Waals surface area (Å²) < 4.78 is 7.68. The number of nitrogens with two attached hydrogens (primary N) is 1. The predicted molar refractivity (Wildman–Crippen MR) is 65.3 cm³/mol. The summed E-state index contributed by atoms with van der Waals surface area (Å²) in [5.41, 5.74) is 5.51. The fourth-order valence-electron chi connectivity index (χ4n) is 1.48. The maximum atomic E-state index is 5.57. The van der Waals surface area contributed by atoms with Crippen molar-refractivity contribution < 1.29 is 4.74 Å². The first kappa shape index (κ1) is 13.2. The summed E-state index contributed by atoms with van der Waals surface area (Å²) in [5, 5.41) is 0. The predicted octanol–water partition coefficient (Wildman–Crippen LogP) is 1.45. The molecular formula is C12H23N3O. The number of imidazole rings is 1. The minimum absolute atomic E-state index is 0.644. The van der Waals surface area contributed by atoms with Gasteiger partial charge in [-0.15, -0.1) is 0 Å². The van der Waals surface area contributed by atoms with Crippen molar-refractivity contribution in [1.29, 1.82) is 0 Å². The van der Waals surface area contributed by atoms with Crippen molar-refractivity contribution in [2.45, 2.75) is 33.2 Å². The molecule has 0 atom stereocenters. The Morgan fingerprint density at radius 2 is 2.25 bits per heavy atom. The minimum Gasteiger partial charge on any atom is -0.380 e. The van der Waals surface area contributed by atoms with E-state index in [-0.39, 0.29) is 0 Å². The Balaban J connectivity index is 2.18. The van der Waals surface area contributed by atoms with Crippen LogP contribution in [0.1, 0.15) is 26.1 Å². The molecule has 0 bridgehead atoms. The van der Waals surface area contributed by atoms with E-state index in [0.717, 1.165) is 38.4 Å². The first-order valence-corrected chi connectivity index (χ1v) is 6.02. The molecule has 0 aromatic carbocycles. The van der Waals surface area contributed by atoms with E-state index < -0.39 is 0 Å². The molecule has 0 aliphatic heterocycles. The molecule has 0 spiro atoms. The molecule has 4 nitrogen and oxygen atoms in total. The average Bonchev–Trinajstić information content (AvgIpc) is 2.65. The van der Waals surface area contributed by atoms with Crippen molar-refractivity contribution in [3.8, 4) is 0 Å². The van der Waals surface area contributed by atoms with Gasteiger partial charge >= 0.3 is 0 Å². The zero-order chi connectivity index (χ0) is 11.8. The van der Waals surface area contributed by atoms with E-state index in [0.29, 0.717) is 12.5 Å². The lowest BCUT2D eigenvalue weighted by molar-refractivity contribution is 0.115. The molecule has 92 valence electrons. The third-order valence-electron chi connectivity index (χ3n) is 2.49. The molecule has 1 rings (SSSR count). The highest BCUT2D eigenvalue weighted by molar-refractivity contribution is 4.92. The lowest BCUT2D eigenvalue weighted by Crippen LogP contribution is -2.13. The molecule has 0 unspecified atom stereocenters. The van der Waals surface area contributed by atoms with Gasteiger partial charge in [0, 0.05) is 32.0 Å². The second-order valence-corrected chi connectivity index (χ2v) is 4.37. The molecule has 1 aromatic rings. The quantitative estimate of drug-likeness (QED) is 0.681. The maximum Gasteiger partial charge on any atom is 0.109 e. The van der Waals surface area contributed by atoms with Crippen LogP contribution in [-0.4, -0.2) is 29.3 Å². The van der Waals surface area contributed by atoms with Gasteiger partial charge in [0.05, 0.1) is 6.61 Å². The van der Waals surface area contributed by atoms with Crippen LogP contribution in [0.5, 0.6) is 0 Å². The fourth-order valence-corrected chi connectivity index (χ4v) is 1.48. The zero-order valence-corrected chi connectivity index (χ0v) is 10.4. The van der Waals surface area contributed by atoms with Crippen LogP contribution < -0.4 is 5.73 Å². The largest absolute Gasteiger partial charge is 0.380 e. The topological polar surface area (TPSA) is 53.1 Å². The van der Waals surface area contributed by atoms with Crippen LogP contribution in [0.15, 0.2) is 12.4 Å². The van der Waals surface area contributed by atoms with Gasteiger partial charge in [-0.2, -0.15) is 0 Å². The minimum atomic E-state index is 0.644. The maximum absolute atomic E-state index is 5.57. The van der Waals surface area contributed by atoms with Crippen molar-refractivity contribution >= 4 is 0 Å². The average molecular weight is 225 g/mol. The summed E-state index contributed by atoms with van der Waals surface area (Å²) in [6.45, 7) is 7.52. The molecule has 0 saturated carbocycles. The smallest absolute Gasteiger partial charge is 0.109 e. The highest BCUT2D eigenvalue weighted by Crippen LogP contribution is 2.01. The van der Waals surface area contributed by atoms with Crippen molar-refractivity contribution in [2.24, 2.45) is 11.7 Å². The van der Waals surface area contributed by atoms with E-state index in [1.807, 2.05) is 12.4 Å². The molecule has 2 N–H and O–H groups in total. The molecule has 0 fully saturated rings. The molecule has 1 heterocycles. The summed E-state index contributed by atoms with van der Waals surface area (Å²) in [6, 6.07) is 0. The summed E-state index contributed by atoms with van der Waals surface area (Å²) in [4.78, 5) is 4.26. The standard InChI is InChI=1S/C12H23N3O/c1-11(2)4-9-16-10-8-15-7-6-14-12(15)3-5-13/h6-7,11H,3-5,8-10,13H2,1-2H3. The van der Waals surface area contributed by atoms with E-state index in [1.165, 1.54) is 0 Å². The highest BCUT2D eigenvalue weighted by atomic mass is 16.5. The van der Waals surface area contributed by atoms with E-state index in [2.05, 4.69) is 23.4 Å².